The first-order valence-electron chi connectivity index (χ1n) is 9.51. The molecule has 0 bridgehead atoms. The molecule has 1 aliphatic rings. The Morgan fingerprint density at radius 2 is 2.00 bits per heavy atom. The third kappa shape index (κ3) is 4.03. The van der Waals surface area contributed by atoms with E-state index in [1.807, 2.05) is 19.3 Å². The van der Waals surface area contributed by atoms with Gasteiger partial charge in [0, 0.05) is 62.4 Å². The summed E-state index contributed by atoms with van der Waals surface area (Å²) in [7, 11) is 1.83. The van der Waals surface area contributed by atoms with E-state index < -0.39 is 12.3 Å². The zero-order chi connectivity index (χ0) is 20.5. The highest BCUT2D eigenvalue weighted by atomic mass is 19.3. The van der Waals surface area contributed by atoms with Gasteiger partial charge in [0.05, 0.1) is 23.1 Å². The SMILES string of the molecule is CC(=O)Nc1cc2nc(-c3cnn(C)c3)c(N3CCC(C(F)F)CC3)cc2cn1. The summed E-state index contributed by atoms with van der Waals surface area (Å²) in [6.45, 7) is 2.52. The van der Waals surface area contributed by atoms with E-state index in [0.717, 1.165) is 22.3 Å². The lowest BCUT2D eigenvalue weighted by Crippen LogP contribution is -2.36. The normalized spacial score (nSPS) is 15.3. The van der Waals surface area contributed by atoms with E-state index in [0.29, 0.717) is 37.3 Å². The first-order valence-corrected chi connectivity index (χ1v) is 9.51. The number of pyridine rings is 2. The van der Waals surface area contributed by atoms with Crippen molar-refractivity contribution in [2.45, 2.75) is 26.2 Å². The Hall–Kier alpha value is -3.10. The summed E-state index contributed by atoms with van der Waals surface area (Å²) in [5.74, 6) is -0.327. The van der Waals surface area contributed by atoms with Crippen LogP contribution in [0.4, 0.5) is 20.3 Å². The quantitative estimate of drug-likeness (QED) is 0.726. The molecular formula is C20H22F2N6O. The molecule has 4 heterocycles. The number of anilines is 2. The smallest absolute Gasteiger partial charge is 0.241 e. The number of alkyl halides is 2. The van der Waals surface area contributed by atoms with Gasteiger partial charge in [-0.1, -0.05) is 0 Å². The first kappa shape index (κ1) is 19.2. The molecule has 152 valence electrons. The lowest BCUT2D eigenvalue weighted by molar-refractivity contribution is -0.114. The second-order valence-electron chi connectivity index (χ2n) is 7.36. The number of piperidine rings is 1. The van der Waals surface area contributed by atoms with E-state index in [-0.39, 0.29) is 5.91 Å². The van der Waals surface area contributed by atoms with Crippen LogP contribution in [0.2, 0.25) is 0 Å². The largest absolute Gasteiger partial charge is 0.370 e. The highest BCUT2D eigenvalue weighted by Crippen LogP contribution is 2.35. The Balaban J connectivity index is 1.76. The van der Waals surface area contributed by atoms with Crippen molar-refractivity contribution in [2.24, 2.45) is 13.0 Å². The van der Waals surface area contributed by atoms with Gasteiger partial charge in [-0.15, -0.1) is 0 Å². The number of hydrogen-bond acceptors (Lipinski definition) is 5. The van der Waals surface area contributed by atoms with Crippen LogP contribution in [0.25, 0.3) is 22.2 Å². The minimum absolute atomic E-state index is 0.206. The lowest BCUT2D eigenvalue weighted by Gasteiger charge is -2.34. The molecule has 1 aliphatic heterocycles. The van der Waals surface area contributed by atoms with Crippen molar-refractivity contribution >= 4 is 28.3 Å². The zero-order valence-corrected chi connectivity index (χ0v) is 16.3. The molecule has 7 nitrogen and oxygen atoms in total. The van der Waals surface area contributed by atoms with Crippen molar-refractivity contribution in [1.29, 1.82) is 0 Å². The summed E-state index contributed by atoms with van der Waals surface area (Å²) in [4.78, 5) is 22.5. The molecule has 0 aliphatic carbocycles. The molecule has 4 rings (SSSR count). The number of aromatic nitrogens is 4. The van der Waals surface area contributed by atoms with Crippen molar-refractivity contribution in [2.75, 3.05) is 23.3 Å². The summed E-state index contributed by atoms with van der Waals surface area (Å²) in [6, 6.07) is 3.71. The van der Waals surface area contributed by atoms with Crippen LogP contribution < -0.4 is 10.2 Å². The fourth-order valence-corrected chi connectivity index (χ4v) is 3.69. The molecule has 0 atom stereocenters. The Kier molecular flexibility index (Phi) is 5.12. The maximum Gasteiger partial charge on any atom is 0.241 e. The minimum Gasteiger partial charge on any atom is -0.370 e. The Labute approximate surface area is 166 Å². The van der Waals surface area contributed by atoms with Crippen LogP contribution >= 0.6 is 0 Å². The van der Waals surface area contributed by atoms with Gasteiger partial charge in [0.15, 0.2) is 0 Å². The number of nitrogens with zero attached hydrogens (tertiary/aromatic N) is 5. The molecule has 0 aromatic carbocycles. The number of nitrogens with one attached hydrogen (secondary N) is 1. The second-order valence-corrected chi connectivity index (χ2v) is 7.36. The number of fused-ring (bicyclic) bond motifs is 1. The highest BCUT2D eigenvalue weighted by Gasteiger charge is 2.28. The molecule has 3 aromatic heterocycles. The Bertz CT molecular complexity index is 1040. The van der Waals surface area contributed by atoms with E-state index >= 15 is 0 Å². The van der Waals surface area contributed by atoms with Gasteiger partial charge in [-0.05, 0) is 18.9 Å². The molecular weight excluding hydrogens is 378 g/mol. The number of amides is 1. The average Bonchev–Trinajstić information content (AvgIpc) is 3.13. The van der Waals surface area contributed by atoms with E-state index in [1.54, 1.807) is 23.1 Å². The van der Waals surface area contributed by atoms with E-state index in [9.17, 15) is 13.6 Å². The predicted molar refractivity (Wildman–Crippen MR) is 107 cm³/mol. The van der Waals surface area contributed by atoms with Gasteiger partial charge in [-0.2, -0.15) is 5.10 Å². The van der Waals surface area contributed by atoms with Crippen LogP contribution in [-0.2, 0) is 11.8 Å². The standard InChI is InChI=1S/C20H22F2N6O/c1-12(29)25-18-8-16-14(9-23-18)7-17(19(26-16)15-10-24-27(2)11-15)28-5-3-13(4-6-28)20(21)22/h7-11,13,20H,3-6H2,1-2H3,(H,23,25,29). The molecule has 0 spiro atoms. The first-order chi connectivity index (χ1) is 13.9. The minimum atomic E-state index is -2.28. The molecule has 0 unspecified atom stereocenters. The van der Waals surface area contributed by atoms with Crippen LogP contribution in [0.5, 0.6) is 0 Å². The topological polar surface area (TPSA) is 75.9 Å². The fraction of sp³-hybridized carbons (Fsp3) is 0.400. The summed E-state index contributed by atoms with van der Waals surface area (Å²) in [5, 5.41) is 7.72. The molecule has 9 heteroatoms. The molecule has 3 aromatic rings. The highest BCUT2D eigenvalue weighted by molar-refractivity contribution is 5.93. The number of carbonyl (C=O) groups is 1. The summed E-state index contributed by atoms with van der Waals surface area (Å²) in [5.41, 5.74) is 3.15. The number of carbonyl (C=O) groups excluding carboxylic acids is 1. The number of halogens is 2. The predicted octanol–water partition coefficient (Wildman–Crippen LogP) is 3.47. The molecule has 1 amide bonds. The van der Waals surface area contributed by atoms with Crippen molar-refractivity contribution < 1.29 is 13.6 Å². The number of hydrogen-bond donors (Lipinski definition) is 1. The van der Waals surface area contributed by atoms with Crippen molar-refractivity contribution in [3.05, 3.63) is 30.7 Å². The summed E-state index contributed by atoms with van der Waals surface area (Å²) >= 11 is 0. The van der Waals surface area contributed by atoms with E-state index in [4.69, 9.17) is 4.98 Å². The fourth-order valence-electron chi connectivity index (χ4n) is 3.69. The summed E-state index contributed by atoms with van der Waals surface area (Å²) < 4.78 is 27.8. The molecule has 29 heavy (non-hydrogen) atoms. The number of aryl methyl sites for hydroxylation is 1. The van der Waals surface area contributed by atoms with Gasteiger partial charge in [-0.3, -0.25) is 9.48 Å². The van der Waals surface area contributed by atoms with Gasteiger partial charge < -0.3 is 10.2 Å². The van der Waals surface area contributed by atoms with Gasteiger partial charge in [0.25, 0.3) is 0 Å². The third-order valence-electron chi connectivity index (χ3n) is 5.20. The molecule has 0 radical (unpaired) electrons. The zero-order valence-electron chi connectivity index (χ0n) is 16.3. The van der Waals surface area contributed by atoms with Crippen LogP contribution in [-0.4, -0.2) is 45.2 Å². The van der Waals surface area contributed by atoms with Gasteiger partial charge in [-0.25, -0.2) is 18.7 Å². The van der Waals surface area contributed by atoms with Crippen LogP contribution in [0, 0.1) is 5.92 Å². The van der Waals surface area contributed by atoms with Crippen LogP contribution in [0.1, 0.15) is 19.8 Å². The molecule has 0 saturated carbocycles. The average molecular weight is 400 g/mol. The maximum absolute atomic E-state index is 13.1. The van der Waals surface area contributed by atoms with Gasteiger partial charge >= 0.3 is 0 Å². The lowest BCUT2D eigenvalue weighted by atomic mass is 9.96. The summed E-state index contributed by atoms with van der Waals surface area (Å²) in [6.07, 6.45) is 3.89. The molecule has 1 N–H and O–H groups in total. The monoisotopic (exact) mass is 400 g/mol. The van der Waals surface area contributed by atoms with Crippen LogP contribution in [0.3, 0.4) is 0 Å². The van der Waals surface area contributed by atoms with E-state index in [2.05, 4.69) is 20.3 Å². The van der Waals surface area contributed by atoms with Gasteiger partial charge in [0.1, 0.15) is 5.82 Å². The van der Waals surface area contributed by atoms with Crippen molar-refractivity contribution in [1.82, 2.24) is 19.7 Å². The van der Waals surface area contributed by atoms with Gasteiger partial charge in [0.2, 0.25) is 12.3 Å². The Morgan fingerprint density at radius 3 is 2.62 bits per heavy atom. The second kappa shape index (κ2) is 7.73. The van der Waals surface area contributed by atoms with E-state index in [1.165, 1.54) is 6.92 Å². The maximum atomic E-state index is 13.1. The van der Waals surface area contributed by atoms with Crippen molar-refractivity contribution in [3.63, 3.8) is 0 Å². The van der Waals surface area contributed by atoms with Crippen molar-refractivity contribution in [3.8, 4) is 11.3 Å². The third-order valence-corrected chi connectivity index (χ3v) is 5.20. The van der Waals surface area contributed by atoms with Crippen LogP contribution in [0.15, 0.2) is 30.7 Å². The number of rotatable bonds is 4. The molecule has 1 fully saturated rings. The Morgan fingerprint density at radius 1 is 1.24 bits per heavy atom. The molecule has 1 saturated heterocycles.